The van der Waals surface area contributed by atoms with Gasteiger partial charge in [-0.2, -0.15) is 0 Å². The molecule has 1 atom stereocenters. The number of aromatic nitrogens is 4. The van der Waals surface area contributed by atoms with Gasteiger partial charge in [-0.05, 0) is 38.6 Å². The molecule has 0 spiro atoms. The average Bonchev–Trinajstić information content (AvgIpc) is 3.15. The number of aromatic amines is 1. The highest BCUT2D eigenvalue weighted by atomic mass is 16.2. The van der Waals surface area contributed by atoms with E-state index in [4.69, 9.17) is 0 Å². The Morgan fingerprint density at radius 3 is 3.00 bits per heavy atom. The lowest BCUT2D eigenvalue weighted by Gasteiger charge is -2.41. The molecule has 0 saturated carbocycles. The molecule has 1 saturated heterocycles. The minimum atomic E-state index is -0.332. The number of aryl methyl sites for hydroxylation is 1. The van der Waals surface area contributed by atoms with Crippen LogP contribution in [0.3, 0.4) is 0 Å². The zero-order valence-electron chi connectivity index (χ0n) is 14.7. The molecule has 25 heavy (non-hydrogen) atoms. The van der Waals surface area contributed by atoms with Crippen LogP contribution in [0.1, 0.15) is 37.2 Å². The van der Waals surface area contributed by atoms with E-state index in [2.05, 4.69) is 30.2 Å². The quantitative estimate of drug-likeness (QED) is 0.797. The molecular weight excluding hydrogens is 316 g/mol. The van der Waals surface area contributed by atoms with Crippen LogP contribution in [0.15, 0.2) is 31.0 Å². The number of rotatable bonds is 7. The predicted octanol–water partition coefficient (Wildman–Crippen LogP) is 1.55. The van der Waals surface area contributed by atoms with Gasteiger partial charge in [0.25, 0.3) is 0 Å². The second-order valence-electron chi connectivity index (χ2n) is 6.76. The first-order chi connectivity index (χ1) is 12.2. The standard InChI is InChI=1S/C18H26N6O/c1-19-17(25)18(5-2-4-15-12-20-7-8-21-15)6-3-11-24(14-18)13-16-22-9-10-23-16/h7-10,12H,2-6,11,13-14H2,1H3,(H,19,25)(H,22,23)/t18-/m1/s1. The van der Waals surface area contributed by atoms with Gasteiger partial charge in [0.1, 0.15) is 5.82 Å². The van der Waals surface area contributed by atoms with Crippen LogP contribution in [0, 0.1) is 5.41 Å². The molecule has 2 aromatic rings. The molecule has 7 nitrogen and oxygen atoms in total. The number of imidazole rings is 1. The monoisotopic (exact) mass is 342 g/mol. The first kappa shape index (κ1) is 17.5. The van der Waals surface area contributed by atoms with E-state index in [-0.39, 0.29) is 11.3 Å². The van der Waals surface area contributed by atoms with Gasteiger partial charge in [-0.1, -0.05) is 0 Å². The molecule has 7 heteroatoms. The molecule has 0 unspecified atom stereocenters. The number of H-pyrrole nitrogens is 1. The molecule has 1 fully saturated rings. The van der Waals surface area contributed by atoms with Crippen LogP contribution in [0.5, 0.6) is 0 Å². The molecule has 0 bridgehead atoms. The number of hydrogen-bond donors (Lipinski definition) is 2. The van der Waals surface area contributed by atoms with Crippen LogP contribution in [0.2, 0.25) is 0 Å². The van der Waals surface area contributed by atoms with Crippen LogP contribution in [-0.4, -0.2) is 50.9 Å². The molecule has 2 aromatic heterocycles. The van der Waals surface area contributed by atoms with Crippen molar-refractivity contribution in [2.75, 3.05) is 20.1 Å². The number of carbonyl (C=O) groups excluding carboxylic acids is 1. The Kier molecular flexibility index (Phi) is 5.75. The summed E-state index contributed by atoms with van der Waals surface area (Å²) in [6, 6.07) is 0. The summed E-state index contributed by atoms with van der Waals surface area (Å²) in [5.74, 6) is 1.10. The zero-order chi connectivity index (χ0) is 17.5. The number of piperidine rings is 1. The van der Waals surface area contributed by atoms with E-state index in [1.807, 2.05) is 6.20 Å². The third-order valence-electron chi connectivity index (χ3n) is 5.00. The van der Waals surface area contributed by atoms with Crippen LogP contribution in [-0.2, 0) is 17.8 Å². The topological polar surface area (TPSA) is 86.8 Å². The fourth-order valence-electron chi connectivity index (χ4n) is 3.79. The minimum absolute atomic E-state index is 0.149. The lowest BCUT2D eigenvalue weighted by atomic mass is 9.75. The van der Waals surface area contributed by atoms with E-state index in [9.17, 15) is 4.79 Å². The molecular formula is C18H26N6O. The van der Waals surface area contributed by atoms with Crippen LogP contribution in [0.4, 0.5) is 0 Å². The normalized spacial score (nSPS) is 21.2. The summed E-state index contributed by atoms with van der Waals surface area (Å²) in [6.07, 6.45) is 13.4. The predicted molar refractivity (Wildman–Crippen MR) is 94.6 cm³/mol. The van der Waals surface area contributed by atoms with Crippen molar-refractivity contribution < 1.29 is 4.79 Å². The maximum absolute atomic E-state index is 12.7. The summed E-state index contributed by atoms with van der Waals surface area (Å²) in [6.45, 7) is 2.54. The number of likely N-dealkylation sites (tertiary alicyclic amines) is 1. The van der Waals surface area contributed by atoms with E-state index < -0.39 is 0 Å². The third kappa shape index (κ3) is 4.42. The average molecular weight is 342 g/mol. The van der Waals surface area contributed by atoms with Crippen LogP contribution >= 0.6 is 0 Å². The zero-order valence-corrected chi connectivity index (χ0v) is 14.7. The summed E-state index contributed by atoms with van der Waals surface area (Å²) in [7, 11) is 1.73. The van der Waals surface area contributed by atoms with Crippen molar-refractivity contribution in [1.82, 2.24) is 30.2 Å². The maximum atomic E-state index is 12.7. The number of nitrogens with one attached hydrogen (secondary N) is 2. The SMILES string of the molecule is CNC(=O)[C@]1(CCCc2cnccn2)CCCN(Cc2ncc[nH]2)C1. The van der Waals surface area contributed by atoms with E-state index in [1.54, 1.807) is 31.8 Å². The Labute approximate surface area is 148 Å². The Bertz CT molecular complexity index is 659. The van der Waals surface area contributed by atoms with Crippen molar-refractivity contribution in [3.05, 3.63) is 42.5 Å². The van der Waals surface area contributed by atoms with Gasteiger partial charge in [0, 0.05) is 44.6 Å². The fourth-order valence-corrected chi connectivity index (χ4v) is 3.79. The molecule has 3 heterocycles. The second-order valence-corrected chi connectivity index (χ2v) is 6.76. The van der Waals surface area contributed by atoms with Crippen molar-refractivity contribution in [1.29, 1.82) is 0 Å². The highest BCUT2D eigenvalue weighted by Gasteiger charge is 2.41. The van der Waals surface area contributed by atoms with Gasteiger partial charge in [-0.3, -0.25) is 19.7 Å². The van der Waals surface area contributed by atoms with Crippen molar-refractivity contribution in [3.63, 3.8) is 0 Å². The largest absolute Gasteiger partial charge is 0.359 e. The highest BCUT2D eigenvalue weighted by Crippen LogP contribution is 2.36. The van der Waals surface area contributed by atoms with Crippen molar-refractivity contribution in [2.45, 2.75) is 38.6 Å². The van der Waals surface area contributed by atoms with E-state index in [0.29, 0.717) is 0 Å². The Morgan fingerprint density at radius 1 is 1.36 bits per heavy atom. The summed E-state index contributed by atoms with van der Waals surface area (Å²) < 4.78 is 0. The van der Waals surface area contributed by atoms with Crippen molar-refractivity contribution >= 4 is 5.91 Å². The molecule has 1 amide bonds. The van der Waals surface area contributed by atoms with Gasteiger partial charge < -0.3 is 10.3 Å². The maximum Gasteiger partial charge on any atom is 0.227 e. The van der Waals surface area contributed by atoms with Gasteiger partial charge >= 0.3 is 0 Å². The number of carbonyl (C=O) groups is 1. The molecule has 1 aliphatic heterocycles. The van der Waals surface area contributed by atoms with Gasteiger partial charge in [-0.15, -0.1) is 0 Å². The Hall–Kier alpha value is -2.28. The molecule has 3 rings (SSSR count). The molecule has 0 radical (unpaired) electrons. The van der Waals surface area contributed by atoms with E-state index >= 15 is 0 Å². The summed E-state index contributed by atoms with van der Waals surface area (Å²) >= 11 is 0. The number of nitrogens with zero attached hydrogens (tertiary/aromatic N) is 4. The van der Waals surface area contributed by atoms with Gasteiger partial charge in [0.15, 0.2) is 0 Å². The smallest absolute Gasteiger partial charge is 0.227 e. The lowest BCUT2D eigenvalue weighted by Crippen LogP contribution is -2.51. The second kappa shape index (κ2) is 8.20. The van der Waals surface area contributed by atoms with E-state index in [0.717, 1.165) is 63.3 Å². The van der Waals surface area contributed by atoms with Crippen molar-refractivity contribution in [3.8, 4) is 0 Å². The van der Waals surface area contributed by atoms with E-state index in [1.165, 1.54) is 0 Å². The van der Waals surface area contributed by atoms with Crippen LogP contribution < -0.4 is 5.32 Å². The summed E-state index contributed by atoms with van der Waals surface area (Å²) in [4.78, 5) is 30.9. The third-order valence-corrected chi connectivity index (χ3v) is 5.00. The minimum Gasteiger partial charge on any atom is -0.359 e. The molecule has 0 aliphatic carbocycles. The Morgan fingerprint density at radius 2 is 2.28 bits per heavy atom. The molecule has 134 valence electrons. The molecule has 1 aliphatic rings. The Balaban J connectivity index is 1.64. The molecule has 0 aromatic carbocycles. The fraction of sp³-hybridized carbons (Fsp3) is 0.556. The summed E-state index contributed by atoms with van der Waals surface area (Å²) in [5, 5.41) is 2.89. The first-order valence-corrected chi connectivity index (χ1v) is 8.89. The highest BCUT2D eigenvalue weighted by molar-refractivity contribution is 5.82. The van der Waals surface area contributed by atoms with Gasteiger partial charge in [-0.25, -0.2) is 4.98 Å². The number of amides is 1. The molecule has 2 N–H and O–H groups in total. The van der Waals surface area contributed by atoms with Gasteiger partial charge in [0.05, 0.1) is 17.7 Å². The summed E-state index contributed by atoms with van der Waals surface area (Å²) in [5.41, 5.74) is 0.653. The van der Waals surface area contributed by atoms with Gasteiger partial charge in [0.2, 0.25) is 5.91 Å². The lowest BCUT2D eigenvalue weighted by molar-refractivity contribution is -0.134. The number of hydrogen-bond acceptors (Lipinski definition) is 5. The first-order valence-electron chi connectivity index (χ1n) is 8.89. The van der Waals surface area contributed by atoms with Crippen LogP contribution in [0.25, 0.3) is 0 Å². The van der Waals surface area contributed by atoms with Crippen molar-refractivity contribution in [2.24, 2.45) is 5.41 Å².